The molecule has 1 saturated heterocycles. The summed E-state index contributed by atoms with van der Waals surface area (Å²) in [7, 11) is 0. The summed E-state index contributed by atoms with van der Waals surface area (Å²) in [6, 6.07) is 10.2. The molecule has 0 saturated carbocycles. The van der Waals surface area contributed by atoms with Crippen molar-refractivity contribution in [1.82, 2.24) is 9.78 Å². The molecule has 1 aliphatic rings. The highest BCUT2D eigenvalue weighted by Crippen LogP contribution is 2.28. The first-order valence-corrected chi connectivity index (χ1v) is 6.78. The minimum absolute atomic E-state index is 0.0568. The Kier molecular flexibility index (Phi) is 3.62. The van der Waals surface area contributed by atoms with E-state index in [2.05, 4.69) is 5.10 Å². The fraction of sp³-hybridized carbons (Fsp3) is 0.400. The van der Waals surface area contributed by atoms with Gasteiger partial charge < -0.3 is 10.5 Å². The minimum atomic E-state index is 0.0568. The first-order chi connectivity index (χ1) is 9.34. The molecule has 2 N–H and O–H groups in total. The lowest BCUT2D eigenvalue weighted by atomic mass is 9.89. The molecule has 1 aromatic carbocycles. The van der Waals surface area contributed by atoms with Gasteiger partial charge in [0.05, 0.1) is 11.9 Å². The van der Waals surface area contributed by atoms with Crippen LogP contribution in [0.2, 0.25) is 0 Å². The number of ether oxygens (including phenoxy) is 1. The first-order valence-electron chi connectivity index (χ1n) is 6.78. The van der Waals surface area contributed by atoms with Crippen LogP contribution in [0.4, 0.5) is 0 Å². The molecule has 100 valence electrons. The van der Waals surface area contributed by atoms with Crippen molar-refractivity contribution in [3.63, 3.8) is 0 Å². The molecule has 4 heteroatoms. The van der Waals surface area contributed by atoms with Crippen LogP contribution in [0.3, 0.4) is 0 Å². The van der Waals surface area contributed by atoms with Gasteiger partial charge in [-0.15, -0.1) is 0 Å². The summed E-state index contributed by atoms with van der Waals surface area (Å²) < 4.78 is 7.27. The molecule has 0 unspecified atom stereocenters. The van der Waals surface area contributed by atoms with Gasteiger partial charge in [-0.05, 0) is 30.9 Å². The predicted molar refractivity (Wildman–Crippen MR) is 74.0 cm³/mol. The maximum Gasteiger partial charge on any atom is 0.0645 e. The van der Waals surface area contributed by atoms with Crippen molar-refractivity contribution in [2.75, 3.05) is 13.2 Å². The summed E-state index contributed by atoms with van der Waals surface area (Å²) in [5, 5.41) is 4.41. The Labute approximate surface area is 113 Å². The van der Waals surface area contributed by atoms with Crippen LogP contribution in [0.1, 0.15) is 24.4 Å². The molecule has 1 aliphatic heterocycles. The summed E-state index contributed by atoms with van der Waals surface area (Å²) >= 11 is 0. The van der Waals surface area contributed by atoms with Gasteiger partial charge in [-0.1, -0.05) is 18.2 Å². The third-order valence-electron chi connectivity index (χ3n) is 3.78. The number of benzene rings is 1. The van der Waals surface area contributed by atoms with Crippen molar-refractivity contribution < 1.29 is 4.74 Å². The molecule has 1 fully saturated rings. The second-order valence-electron chi connectivity index (χ2n) is 5.03. The Hall–Kier alpha value is -1.65. The molecule has 0 radical (unpaired) electrons. The van der Waals surface area contributed by atoms with Crippen molar-refractivity contribution in [2.24, 2.45) is 11.7 Å². The lowest BCUT2D eigenvalue weighted by Crippen LogP contribution is -2.27. The van der Waals surface area contributed by atoms with Gasteiger partial charge in [0, 0.05) is 31.0 Å². The number of para-hydroxylation sites is 1. The Balaban J connectivity index is 1.77. The van der Waals surface area contributed by atoms with E-state index < -0.39 is 0 Å². The third kappa shape index (κ3) is 2.69. The van der Waals surface area contributed by atoms with E-state index in [1.54, 1.807) is 0 Å². The van der Waals surface area contributed by atoms with E-state index >= 15 is 0 Å². The molecule has 1 atom stereocenters. The molecular formula is C15H19N3O. The summed E-state index contributed by atoms with van der Waals surface area (Å²) in [6.45, 7) is 1.65. The number of rotatable bonds is 3. The van der Waals surface area contributed by atoms with Crippen LogP contribution in [0.5, 0.6) is 0 Å². The number of nitrogens with two attached hydrogens (primary N) is 1. The smallest absolute Gasteiger partial charge is 0.0645 e. The molecular weight excluding hydrogens is 238 g/mol. The normalized spacial score (nSPS) is 18.4. The zero-order valence-electron chi connectivity index (χ0n) is 10.9. The summed E-state index contributed by atoms with van der Waals surface area (Å²) in [6.07, 6.45) is 6.00. The van der Waals surface area contributed by atoms with Crippen LogP contribution in [0, 0.1) is 5.92 Å². The van der Waals surface area contributed by atoms with Crippen LogP contribution < -0.4 is 5.73 Å². The zero-order chi connectivity index (χ0) is 13.1. The first kappa shape index (κ1) is 12.4. The van der Waals surface area contributed by atoms with E-state index in [0.717, 1.165) is 37.3 Å². The van der Waals surface area contributed by atoms with E-state index in [-0.39, 0.29) is 6.04 Å². The molecule has 0 amide bonds. The van der Waals surface area contributed by atoms with Gasteiger partial charge in [0.2, 0.25) is 0 Å². The Morgan fingerprint density at radius 3 is 2.68 bits per heavy atom. The van der Waals surface area contributed by atoms with Crippen molar-refractivity contribution in [1.29, 1.82) is 0 Å². The molecule has 3 rings (SSSR count). The van der Waals surface area contributed by atoms with Gasteiger partial charge in [0.1, 0.15) is 0 Å². The van der Waals surface area contributed by atoms with Crippen LogP contribution in [-0.4, -0.2) is 23.0 Å². The average molecular weight is 257 g/mol. The quantitative estimate of drug-likeness (QED) is 0.918. The maximum atomic E-state index is 6.35. The van der Waals surface area contributed by atoms with E-state index in [4.69, 9.17) is 10.5 Å². The summed E-state index contributed by atoms with van der Waals surface area (Å²) in [5.74, 6) is 0.502. The number of aromatic nitrogens is 2. The second kappa shape index (κ2) is 5.55. The molecule has 2 aromatic rings. The highest BCUT2D eigenvalue weighted by atomic mass is 16.5. The second-order valence-corrected chi connectivity index (χ2v) is 5.03. The van der Waals surface area contributed by atoms with E-state index in [0.29, 0.717) is 5.92 Å². The number of hydrogen-bond donors (Lipinski definition) is 1. The van der Waals surface area contributed by atoms with Crippen molar-refractivity contribution >= 4 is 0 Å². The Morgan fingerprint density at radius 1 is 1.21 bits per heavy atom. The van der Waals surface area contributed by atoms with Gasteiger partial charge in [-0.3, -0.25) is 0 Å². The molecule has 19 heavy (non-hydrogen) atoms. The topological polar surface area (TPSA) is 53.1 Å². The van der Waals surface area contributed by atoms with Crippen LogP contribution >= 0.6 is 0 Å². The van der Waals surface area contributed by atoms with Crippen molar-refractivity contribution in [2.45, 2.75) is 18.9 Å². The summed E-state index contributed by atoms with van der Waals surface area (Å²) in [4.78, 5) is 0. The van der Waals surface area contributed by atoms with Gasteiger partial charge in [0.25, 0.3) is 0 Å². The highest BCUT2D eigenvalue weighted by molar-refractivity contribution is 5.31. The SMILES string of the molecule is N[C@H](c1cnn(-c2ccccc2)c1)C1CCOCC1. The van der Waals surface area contributed by atoms with Crippen molar-refractivity contribution in [3.8, 4) is 5.69 Å². The van der Waals surface area contributed by atoms with Crippen molar-refractivity contribution in [3.05, 3.63) is 48.3 Å². The van der Waals surface area contributed by atoms with Crippen LogP contribution in [-0.2, 0) is 4.74 Å². The van der Waals surface area contributed by atoms with E-state index in [1.807, 2.05) is 47.4 Å². The van der Waals surface area contributed by atoms with Gasteiger partial charge in [0.15, 0.2) is 0 Å². The maximum absolute atomic E-state index is 6.35. The monoisotopic (exact) mass is 257 g/mol. The van der Waals surface area contributed by atoms with Gasteiger partial charge in [-0.2, -0.15) is 5.10 Å². The fourth-order valence-electron chi connectivity index (χ4n) is 2.58. The highest BCUT2D eigenvalue weighted by Gasteiger charge is 2.23. The number of hydrogen-bond acceptors (Lipinski definition) is 3. The zero-order valence-corrected chi connectivity index (χ0v) is 10.9. The molecule has 2 heterocycles. The standard InChI is InChI=1S/C15H19N3O/c16-15(12-6-8-19-9-7-12)13-10-17-18(11-13)14-4-2-1-3-5-14/h1-5,10-12,15H,6-9,16H2/t15-/m0/s1. The van der Waals surface area contributed by atoms with Gasteiger partial charge >= 0.3 is 0 Å². The van der Waals surface area contributed by atoms with Crippen LogP contribution in [0.25, 0.3) is 5.69 Å². The van der Waals surface area contributed by atoms with Gasteiger partial charge in [-0.25, -0.2) is 4.68 Å². The summed E-state index contributed by atoms with van der Waals surface area (Å²) in [5.41, 5.74) is 8.52. The van der Waals surface area contributed by atoms with E-state index in [1.165, 1.54) is 0 Å². The predicted octanol–water partition coefficient (Wildman–Crippen LogP) is 2.30. The Bertz CT molecular complexity index is 517. The molecule has 1 aromatic heterocycles. The molecule has 0 aliphatic carbocycles. The molecule has 4 nitrogen and oxygen atoms in total. The molecule has 0 spiro atoms. The largest absolute Gasteiger partial charge is 0.381 e. The lowest BCUT2D eigenvalue weighted by molar-refractivity contribution is 0.0584. The molecule has 0 bridgehead atoms. The van der Waals surface area contributed by atoms with E-state index in [9.17, 15) is 0 Å². The number of nitrogens with zero attached hydrogens (tertiary/aromatic N) is 2. The Morgan fingerprint density at radius 2 is 1.95 bits per heavy atom. The average Bonchev–Trinajstić information content (AvgIpc) is 2.98. The lowest BCUT2D eigenvalue weighted by Gasteiger charge is -2.26. The van der Waals surface area contributed by atoms with Crippen LogP contribution in [0.15, 0.2) is 42.7 Å². The fourth-order valence-corrected chi connectivity index (χ4v) is 2.58. The minimum Gasteiger partial charge on any atom is -0.381 e. The third-order valence-corrected chi connectivity index (χ3v) is 3.78.